The first-order valence-corrected chi connectivity index (χ1v) is 9.54. The zero-order chi connectivity index (χ0) is 19.4. The molecule has 0 spiro atoms. The molecule has 1 atom stereocenters. The summed E-state index contributed by atoms with van der Waals surface area (Å²) >= 11 is 0. The number of likely N-dealkylation sites (N-methyl/N-ethyl adjacent to an activating group) is 1. The summed E-state index contributed by atoms with van der Waals surface area (Å²) in [6.07, 6.45) is 2.74. The highest BCUT2D eigenvalue weighted by atomic mass is 35.5. The van der Waals surface area contributed by atoms with Gasteiger partial charge in [0.05, 0.1) is 18.8 Å². The first-order chi connectivity index (χ1) is 13.0. The van der Waals surface area contributed by atoms with E-state index in [0.717, 1.165) is 42.9 Å². The predicted molar refractivity (Wildman–Crippen MR) is 111 cm³/mol. The fraction of sp³-hybridized carbons (Fsp3) is 0.550. The van der Waals surface area contributed by atoms with Crippen LogP contribution in [0.3, 0.4) is 0 Å². The standard InChI is InChI=1S/C20H29N5O2.ClH/c1-14(13-16-7-5-6-8-18(16)27-4)24(3)20(26)19-15(2)25(23-22-19)17-9-11-21-12-10-17;/h5-8,14,17,21H,9-13H2,1-4H3;1H. The van der Waals surface area contributed by atoms with Gasteiger partial charge >= 0.3 is 0 Å². The molecule has 1 saturated heterocycles. The van der Waals surface area contributed by atoms with Crippen molar-refractivity contribution < 1.29 is 9.53 Å². The lowest BCUT2D eigenvalue weighted by atomic mass is 10.0. The Balaban J connectivity index is 0.00000280. The van der Waals surface area contributed by atoms with Crippen LogP contribution < -0.4 is 10.1 Å². The number of carbonyl (C=O) groups is 1. The van der Waals surface area contributed by atoms with Crippen molar-refractivity contribution in [2.24, 2.45) is 0 Å². The molecule has 1 N–H and O–H groups in total. The van der Waals surface area contributed by atoms with E-state index in [-0.39, 0.29) is 24.4 Å². The van der Waals surface area contributed by atoms with Crippen LogP contribution in [-0.4, -0.2) is 59.1 Å². The summed E-state index contributed by atoms with van der Waals surface area (Å²) in [5.74, 6) is 0.758. The van der Waals surface area contributed by atoms with Gasteiger partial charge in [-0.2, -0.15) is 0 Å². The second-order valence-electron chi connectivity index (χ2n) is 7.23. The minimum absolute atomic E-state index is 0. The minimum atomic E-state index is -0.0879. The maximum Gasteiger partial charge on any atom is 0.276 e. The third kappa shape index (κ3) is 4.64. The quantitative estimate of drug-likeness (QED) is 0.796. The van der Waals surface area contributed by atoms with E-state index in [1.807, 2.05) is 49.8 Å². The van der Waals surface area contributed by atoms with Crippen LogP contribution >= 0.6 is 12.4 Å². The van der Waals surface area contributed by atoms with Crippen LogP contribution in [0.2, 0.25) is 0 Å². The topological polar surface area (TPSA) is 72.3 Å². The lowest BCUT2D eigenvalue weighted by Gasteiger charge is -2.26. The maximum absolute atomic E-state index is 13.0. The van der Waals surface area contributed by atoms with E-state index in [0.29, 0.717) is 18.2 Å². The van der Waals surface area contributed by atoms with Crippen LogP contribution in [0.1, 0.15) is 47.6 Å². The number of nitrogens with one attached hydrogen (secondary N) is 1. The number of aromatic nitrogens is 3. The van der Waals surface area contributed by atoms with E-state index in [1.165, 1.54) is 0 Å². The maximum atomic E-state index is 13.0. The van der Waals surface area contributed by atoms with Crippen molar-refractivity contribution in [3.8, 4) is 5.75 Å². The monoisotopic (exact) mass is 407 g/mol. The molecule has 2 aromatic rings. The zero-order valence-electron chi connectivity index (χ0n) is 17.0. The first-order valence-electron chi connectivity index (χ1n) is 9.54. The number of nitrogens with zero attached hydrogens (tertiary/aromatic N) is 4. The molecule has 0 saturated carbocycles. The highest BCUT2D eigenvalue weighted by Crippen LogP contribution is 2.23. The lowest BCUT2D eigenvalue weighted by molar-refractivity contribution is 0.0736. The molecule has 1 fully saturated rings. The Morgan fingerprint density at radius 1 is 1.36 bits per heavy atom. The molecule has 1 unspecified atom stereocenters. The number of piperidine rings is 1. The summed E-state index contributed by atoms with van der Waals surface area (Å²) in [6.45, 7) is 5.93. The van der Waals surface area contributed by atoms with Crippen LogP contribution in [0.4, 0.5) is 0 Å². The molecule has 3 rings (SSSR count). The molecular weight excluding hydrogens is 378 g/mol. The number of carbonyl (C=O) groups excluding carboxylic acids is 1. The lowest BCUT2D eigenvalue weighted by Crippen LogP contribution is -2.37. The number of hydrogen-bond acceptors (Lipinski definition) is 5. The number of benzene rings is 1. The van der Waals surface area contributed by atoms with E-state index >= 15 is 0 Å². The van der Waals surface area contributed by atoms with Crippen molar-refractivity contribution >= 4 is 18.3 Å². The zero-order valence-corrected chi connectivity index (χ0v) is 17.8. The summed E-state index contributed by atoms with van der Waals surface area (Å²) in [6, 6.07) is 8.24. The van der Waals surface area contributed by atoms with Crippen LogP contribution in [0, 0.1) is 6.92 Å². The Labute approximate surface area is 172 Å². The summed E-state index contributed by atoms with van der Waals surface area (Å²) in [5.41, 5.74) is 2.38. The first kappa shape index (κ1) is 22.2. The molecule has 8 heteroatoms. The highest BCUT2D eigenvalue weighted by molar-refractivity contribution is 5.93. The average molecular weight is 408 g/mol. The van der Waals surface area contributed by atoms with Gasteiger partial charge in [0.2, 0.25) is 0 Å². The number of hydrogen-bond donors (Lipinski definition) is 1. The Morgan fingerprint density at radius 3 is 2.71 bits per heavy atom. The Kier molecular flexibility index (Phi) is 7.83. The normalized spacial score (nSPS) is 15.6. The summed E-state index contributed by atoms with van der Waals surface area (Å²) in [5, 5.41) is 11.8. The molecule has 0 radical (unpaired) electrons. The molecule has 0 bridgehead atoms. The number of amides is 1. The van der Waals surface area contributed by atoms with Crippen molar-refractivity contribution in [1.82, 2.24) is 25.2 Å². The van der Waals surface area contributed by atoms with Gasteiger partial charge in [0, 0.05) is 13.1 Å². The van der Waals surface area contributed by atoms with Gasteiger partial charge in [-0.25, -0.2) is 4.68 Å². The van der Waals surface area contributed by atoms with Crippen LogP contribution in [0.15, 0.2) is 24.3 Å². The van der Waals surface area contributed by atoms with E-state index < -0.39 is 0 Å². The number of para-hydroxylation sites is 1. The fourth-order valence-electron chi connectivity index (χ4n) is 3.63. The summed E-state index contributed by atoms with van der Waals surface area (Å²) in [7, 11) is 3.49. The molecule has 1 aliphatic heterocycles. The number of halogens is 1. The van der Waals surface area contributed by atoms with Crippen LogP contribution in [0.25, 0.3) is 0 Å². The van der Waals surface area contributed by atoms with Gasteiger partial charge < -0.3 is 15.0 Å². The summed E-state index contributed by atoms with van der Waals surface area (Å²) in [4.78, 5) is 14.8. The molecule has 7 nitrogen and oxygen atoms in total. The fourth-order valence-corrected chi connectivity index (χ4v) is 3.63. The van der Waals surface area contributed by atoms with Gasteiger partial charge in [-0.3, -0.25) is 4.79 Å². The molecular formula is C20H30ClN5O2. The molecule has 1 aliphatic rings. The second-order valence-corrected chi connectivity index (χ2v) is 7.23. The van der Waals surface area contributed by atoms with Crippen LogP contribution in [-0.2, 0) is 6.42 Å². The van der Waals surface area contributed by atoms with Gasteiger partial charge in [-0.15, -0.1) is 17.5 Å². The van der Waals surface area contributed by atoms with E-state index in [9.17, 15) is 4.79 Å². The van der Waals surface area contributed by atoms with Crippen molar-refractivity contribution in [2.75, 3.05) is 27.2 Å². The van der Waals surface area contributed by atoms with Gasteiger partial charge in [-0.1, -0.05) is 23.4 Å². The van der Waals surface area contributed by atoms with Gasteiger partial charge in [0.15, 0.2) is 5.69 Å². The smallest absolute Gasteiger partial charge is 0.276 e. The van der Waals surface area contributed by atoms with E-state index in [4.69, 9.17) is 4.74 Å². The Bertz CT molecular complexity index is 789. The molecule has 2 heterocycles. The van der Waals surface area contributed by atoms with E-state index in [2.05, 4.69) is 15.6 Å². The second kappa shape index (κ2) is 9.89. The highest BCUT2D eigenvalue weighted by Gasteiger charge is 2.26. The molecule has 1 amide bonds. The Hall–Kier alpha value is -2.12. The van der Waals surface area contributed by atoms with Gasteiger partial charge in [-0.05, 0) is 57.8 Å². The largest absolute Gasteiger partial charge is 0.496 e. The van der Waals surface area contributed by atoms with Crippen molar-refractivity contribution in [3.05, 3.63) is 41.2 Å². The minimum Gasteiger partial charge on any atom is -0.496 e. The van der Waals surface area contributed by atoms with E-state index in [1.54, 1.807) is 12.0 Å². The average Bonchev–Trinajstić information content (AvgIpc) is 3.09. The third-order valence-corrected chi connectivity index (χ3v) is 5.47. The van der Waals surface area contributed by atoms with Crippen molar-refractivity contribution in [3.63, 3.8) is 0 Å². The molecule has 28 heavy (non-hydrogen) atoms. The van der Waals surface area contributed by atoms with Gasteiger partial charge in [0.1, 0.15) is 5.75 Å². The van der Waals surface area contributed by atoms with Crippen LogP contribution in [0.5, 0.6) is 5.75 Å². The molecule has 154 valence electrons. The third-order valence-electron chi connectivity index (χ3n) is 5.47. The predicted octanol–water partition coefficient (Wildman–Crippen LogP) is 2.64. The Morgan fingerprint density at radius 2 is 2.04 bits per heavy atom. The van der Waals surface area contributed by atoms with Crippen molar-refractivity contribution in [2.45, 2.75) is 45.2 Å². The number of methoxy groups -OCH3 is 1. The molecule has 0 aliphatic carbocycles. The molecule has 1 aromatic heterocycles. The van der Waals surface area contributed by atoms with Crippen molar-refractivity contribution in [1.29, 1.82) is 0 Å². The summed E-state index contributed by atoms with van der Waals surface area (Å²) < 4.78 is 7.35. The number of rotatable bonds is 6. The number of ether oxygens (including phenoxy) is 1. The molecule has 1 aromatic carbocycles. The van der Waals surface area contributed by atoms with Gasteiger partial charge in [0.25, 0.3) is 5.91 Å². The SMILES string of the molecule is COc1ccccc1CC(C)N(C)C(=O)c1nnn(C2CCNCC2)c1C.Cl.